The second-order valence-corrected chi connectivity index (χ2v) is 9.09. The average molecular weight is 493 g/mol. The Balaban J connectivity index is 2.09. The van der Waals surface area contributed by atoms with Gasteiger partial charge in [0.1, 0.15) is 11.8 Å². The molecule has 0 aliphatic heterocycles. The highest BCUT2D eigenvalue weighted by atomic mass is 35.5. The fraction of sp³-hybridized carbons (Fsp3) is 0.462. The molecule has 7 heteroatoms. The number of aryl methyl sites for hydroxylation is 1. The zero-order valence-electron chi connectivity index (χ0n) is 19.9. The molecule has 180 valence electrons. The molecule has 0 heterocycles. The summed E-state index contributed by atoms with van der Waals surface area (Å²) in [6.45, 7) is 8.60. The van der Waals surface area contributed by atoms with E-state index in [1.807, 2.05) is 58.0 Å². The summed E-state index contributed by atoms with van der Waals surface area (Å²) < 4.78 is 5.76. The summed E-state index contributed by atoms with van der Waals surface area (Å²) in [5.74, 6) is 0.538. The lowest BCUT2D eigenvalue weighted by atomic mass is 10.1. The van der Waals surface area contributed by atoms with Crippen molar-refractivity contribution in [1.29, 1.82) is 0 Å². The maximum atomic E-state index is 13.2. The van der Waals surface area contributed by atoms with Gasteiger partial charge < -0.3 is 15.0 Å². The summed E-state index contributed by atoms with van der Waals surface area (Å²) in [7, 11) is 0. The van der Waals surface area contributed by atoms with Gasteiger partial charge in [-0.15, -0.1) is 0 Å². The average Bonchev–Trinajstić information content (AvgIpc) is 2.79. The highest BCUT2D eigenvalue weighted by molar-refractivity contribution is 6.42. The molecule has 5 nitrogen and oxygen atoms in total. The molecule has 2 amide bonds. The molecule has 0 aliphatic carbocycles. The predicted molar refractivity (Wildman–Crippen MR) is 135 cm³/mol. The first-order valence-electron chi connectivity index (χ1n) is 11.5. The number of rotatable bonds is 12. The molecule has 0 saturated heterocycles. The van der Waals surface area contributed by atoms with Crippen molar-refractivity contribution >= 4 is 35.0 Å². The Labute approximate surface area is 207 Å². The van der Waals surface area contributed by atoms with Crippen LogP contribution in [0, 0.1) is 6.92 Å². The molecule has 0 bridgehead atoms. The van der Waals surface area contributed by atoms with Crippen LogP contribution in [0.25, 0.3) is 0 Å². The number of nitrogens with zero attached hydrogens (tertiary/aromatic N) is 1. The standard InChI is InChI=1S/C26H34Cl2N2O3/c1-5-19(4)29-26(32)24(6-2)30(17-20-11-14-22(27)23(28)16-20)25(31)8-7-15-33-21-12-9-18(3)10-13-21/h9-14,16,19,24H,5-8,15,17H2,1-4H3,(H,29,32)/t19-,24+/m0/s1. The molecule has 1 N–H and O–H groups in total. The number of hydrogen-bond donors (Lipinski definition) is 1. The summed E-state index contributed by atoms with van der Waals surface area (Å²) in [6.07, 6.45) is 2.16. The van der Waals surface area contributed by atoms with E-state index in [9.17, 15) is 9.59 Å². The number of carbonyl (C=O) groups excluding carboxylic acids is 2. The van der Waals surface area contributed by atoms with Crippen molar-refractivity contribution in [2.45, 2.75) is 72.0 Å². The molecule has 0 aromatic heterocycles. The third kappa shape index (κ3) is 8.56. The number of nitrogens with one attached hydrogen (secondary N) is 1. The molecule has 0 radical (unpaired) electrons. The van der Waals surface area contributed by atoms with Crippen LogP contribution in [0.15, 0.2) is 42.5 Å². The Morgan fingerprint density at radius 2 is 1.73 bits per heavy atom. The Morgan fingerprint density at radius 1 is 1.03 bits per heavy atom. The number of halogens is 2. The zero-order valence-corrected chi connectivity index (χ0v) is 21.4. The third-order valence-corrected chi connectivity index (χ3v) is 6.29. The van der Waals surface area contributed by atoms with Crippen LogP contribution in [-0.2, 0) is 16.1 Å². The van der Waals surface area contributed by atoms with E-state index in [4.69, 9.17) is 27.9 Å². The molecule has 2 atom stereocenters. The van der Waals surface area contributed by atoms with E-state index in [1.165, 1.54) is 0 Å². The van der Waals surface area contributed by atoms with E-state index in [1.54, 1.807) is 17.0 Å². The molecule has 0 saturated carbocycles. The minimum absolute atomic E-state index is 0.0383. The largest absolute Gasteiger partial charge is 0.494 e. The normalized spacial score (nSPS) is 12.7. The SMILES string of the molecule is CC[C@H](C(=O)N[C@@H](C)CC)N(Cc1ccc(Cl)c(Cl)c1)C(=O)CCCOc1ccc(C)cc1. The van der Waals surface area contributed by atoms with Gasteiger partial charge in [-0.2, -0.15) is 0 Å². The lowest BCUT2D eigenvalue weighted by molar-refractivity contribution is -0.141. The van der Waals surface area contributed by atoms with Gasteiger partial charge in [0.15, 0.2) is 0 Å². The van der Waals surface area contributed by atoms with Crippen LogP contribution in [0.2, 0.25) is 10.0 Å². The third-order valence-electron chi connectivity index (χ3n) is 5.55. The van der Waals surface area contributed by atoms with E-state index in [0.717, 1.165) is 23.3 Å². The number of benzene rings is 2. The highest BCUT2D eigenvalue weighted by Crippen LogP contribution is 2.24. The number of carbonyl (C=O) groups is 2. The van der Waals surface area contributed by atoms with Gasteiger partial charge >= 0.3 is 0 Å². The molecule has 0 spiro atoms. The molecular formula is C26H34Cl2N2O3. The van der Waals surface area contributed by atoms with E-state index in [2.05, 4.69) is 5.32 Å². The number of ether oxygens (including phenoxy) is 1. The van der Waals surface area contributed by atoms with E-state index in [0.29, 0.717) is 29.5 Å². The van der Waals surface area contributed by atoms with Gasteiger partial charge in [-0.3, -0.25) is 9.59 Å². The first kappa shape index (κ1) is 27.0. The molecule has 2 aromatic carbocycles. The minimum atomic E-state index is -0.570. The smallest absolute Gasteiger partial charge is 0.243 e. The lowest BCUT2D eigenvalue weighted by Gasteiger charge is -2.31. The van der Waals surface area contributed by atoms with Crippen molar-refractivity contribution in [2.75, 3.05) is 6.61 Å². The minimum Gasteiger partial charge on any atom is -0.494 e. The monoisotopic (exact) mass is 492 g/mol. The van der Waals surface area contributed by atoms with Gasteiger partial charge in [0.2, 0.25) is 11.8 Å². The lowest BCUT2D eigenvalue weighted by Crippen LogP contribution is -2.50. The second-order valence-electron chi connectivity index (χ2n) is 8.28. The van der Waals surface area contributed by atoms with Gasteiger partial charge in [0, 0.05) is 19.0 Å². The van der Waals surface area contributed by atoms with Crippen LogP contribution in [-0.4, -0.2) is 35.4 Å². The highest BCUT2D eigenvalue weighted by Gasteiger charge is 2.29. The van der Waals surface area contributed by atoms with Gasteiger partial charge in [-0.25, -0.2) is 0 Å². The van der Waals surface area contributed by atoms with Crippen LogP contribution >= 0.6 is 23.2 Å². The predicted octanol–water partition coefficient (Wildman–Crippen LogP) is 6.18. The van der Waals surface area contributed by atoms with Crippen LogP contribution in [0.5, 0.6) is 5.75 Å². The topological polar surface area (TPSA) is 58.6 Å². The Morgan fingerprint density at radius 3 is 2.33 bits per heavy atom. The van der Waals surface area contributed by atoms with Crippen molar-refractivity contribution in [3.8, 4) is 5.75 Å². The van der Waals surface area contributed by atoms with Crippen molar-refractivity contribution in [3.05, 3.63) is 63.6 Å². The first-order valence-corrected chi connectivity index (χ1v) is 12.2. The molecule has 0 fully saturated rings. The van der Waals surface area contributed by atoms with E-state index in [-0.39, 0.29) is 30.8 Å². The van der Waals surface area contributed by atoms with Crippen LogP contribution in [0.3, 0.4) is 0 Å². The Kier molecular flexibility index (Phi) is 11.0. The summed E-state index contributed by atoms with van der Waals surface area (Å²) in [6, 6.07) is 12.5. The van der Waals surface area contributed by atoms with Gasteiger partial charge in [-0.1, -0.05) is 60.8 Å². The fourth-order valence-corrected chi connectivity index (χ4v) is 3.71. The molecule has 2 aromatic rings. The van der Waals surface area contributed by atoms with Gasteiger partial charge in [-0.05, 0) is 62.9 Å². The maximum absolute atomic E-state index is 13.2. The van der Waals surface area contributed by atoms with E-state index >= 15 is 0 Å². The summed E-state index contributed by atoms with van der Waals surface area (Å²) >= 11 is 12.2. The summed E-state index contributed by atoms with van der Waals surface area (Å²) in [4.78, 5) is 27.9. The van der Waals surface area contributed by atoms with Crippen molar-refractivity contribution in [3.63, 3.8) is 0 Å². The number of hydrogen-bond acceptors (Lipinski definition) is 3. The first-order chi connectivity index (χ1) is 15.7. The molecular weight excluding hydrogens is 459 g/mol. The molecule has 2 rings (SSSR count). The molecule has 0 aliphatic rings. The summed E-state index contributed by atoms with van der Waals surface area (Å²) in [5, 5.41) is 3.88. The molecule has 0 unspecified atom stereocenters. The van der Waals surface area contributed by atoms with Crippen LogP contribution in [0.1, 0.15) is 57.6 Å². The zero-order chi connectivity index (χ0) is 24.4. The number of amides is 2. The van der Waals surface area contributed by atoms with Crippen molar-refractivity contribution in [2.24, 2.45) is 0 Å². The van der Waals surface area contributed by atoms with Crippen molar-refractivity contribution in [1.82, 2.24) is 10.2 Å². The maximum Gasteiger partial charge on any atom is 0.243 e. The van der Waals surface area contributed by atoms with E-state index < -0.39 is 6.04 Å². The second kappa shape index (κ2) is 13.5. The van der Waals surface area contributed by atoms with Crippen LogP contribution in [0.4, 0.5) is 0 Å². The van der Waals surface area contributed by atoms with Gasteiger partial charge in [0.25, 0.3) is 0 Å². The van der Waals surface area contributed by atoms with Gasteiger partial charge in [0.05, 0.1) is 16.7 Å². The van der Waals surface area contributed by atoms with Crippen molar-refractivity contribution < 1.29 is 14.3 Å². The van der Waals surface area contributed by atoms with Crippen LogP contribution < -0.4 is 10.1 Å². The summed E-state index contributed by atoms with van der Waals surface area (Å²) in [5.41, 5.74) is 1.99. The Bertz CT molecular complexity index is 918. The Hall–Kier alpha value is -2.24. The fourth-order valence-electron chi connectivity index (χ4n) is 3.39. The molecule has 33 heavy (non-hydrogen) atoms. The quantitative estimate of drug-likeness (QED) is 0.359.